The molecule has 0 unspecified atom stereocenters. The second kappa shape index (κ2) is 7.50. The van der Waals surface area contributed by atoms with E-state index < -0.39 is 0 Å². The predicted octanol–water partition coefficient (Wildman–Crippen LogP) is 3.00. The van der Waals surface area contributed by atoms with Gasteiger partial charge in [0.15, 0.2) is 5.82 Å². The molecule has 27 heavy (non-hydrogen) atoms. The molecular formula is C20H27N5O2. The number of hydrogen-bond acceptors (Lipinski definition) is 4. The van der Waals surface area contributed by atoms with Gasteiger partial charge in [0.05, 0.1) is 0 Å². The van der Waals surface area contributed by atoms with Crippen LogP contribution in [0.25, 0.3) is 11.4 Å². The first-order valence-corrected chi connectivity index (χ1v) is 9.34. The molecule has 144 valence electrons. The number of amides is 2. The van der Waals surface area contributed by atoms with Crippen molar-refractivity contribution < 1.29 is 9.59 Å². The van der Waals surface area contributed by atoms with E-state index in [0.29, 0.717) is 31.8 Å². The molecule has 2 heterocycles. The van der Waals surface area contributed by atoms with Crippen molar-refractivity contribution in [2.45, 2.75) is 40.5 Å². The SMILES string of the molecule is Cc1nc(-c2cccc(NC(=O)C3CCN(C(=O)C(C)(C)C)CC3)c2)n[nH]1. The number of anilines is 1. The number of nitrogens with one attached hydrogen (secondary N) is 2. The van der Waals surface area contributed by atoms with Gasteiger partial charge in [-0.15, -0.1) is 0 Å². The average molecular weight is 369 g/mol. The maximum absolute atomic E-state index is 12.6. The fraction of sp³-hybridized carbons (Fsp3) is 0.500. The molecule has 2 N–H and O–H groups in total. The van der Waals surface area contributed by atoms with E-state index in [9.17, 15) is 9.59 Å². The van der Waals surface area contributed by atoms with Crippen LogP contribution in [-0.4, -0.2) is 45.0 Å². The fourth-order valence-electron chi connectivity index (χ4n) is 3.27. The molecule has 0 saturated carbocycles. The molecule has 3 rings (SSSR count). The van der Waals surface area contributed by atoms with E-state index in [-0.39, 0.29) is 23.1 Å². The van der Waals surface area contributed by atoms with Gasteiger partial charge in [-0.05, 0) is 31.9 Å². The number of carbonyl (C=O) groups is 2. The molecule has 1 aliphatic rings. The molecule has 0 spiro atoms. The quantitative estimate of drug-likeness (QED) is 0.870. The molecule has 2 aromatic rings. The highest BCUT2D eigenvalue weighted by molar-refractivity contribution is 5.93. The van der Waals surface area contributed by atoms with Gasteiger partial charge in [-0.3, -0.25) is 14.7 Å². The number of hydrogen-bond donors (Lipinski definition) is 2. The molecule has 0 radical (unpaired) electrons. The van der Waals surface area contributed by atoms with Crippen LogP contribution in [0.2, 0.25) is 0 Å². The van der Waals surface area contributed by atoms with Gasteiger partial charge in [0.2, 0.25) is 11.8 Å². The zero-order valence-corrected chi connectivity index (χ0v) is 16.4. The van der Waals surface area contributed by atoms with Gasteiger partial charge >= 0.3 is 0 Å². The van der Waals surface area contributed by atoms with Crippen molar-refractivity contribution in [1.82, 2.24) is 20.1 Å². The van der Waals surface area contributed by atoms with Crippen LogP contribution >= 0.6 is 0 Å². The minimum absolute atomic E-state index is 0.00109. The predicted molar refractivity (Wildman–Crippen MR) is 104 cm³/mol. The summed E-state index contributed by atoms with van der Waals surface area (Å²) in [4.78, 5) is 31.2. The molecule has 0 aliphatic carbocycles. The lowest BCUT2D eigenvalue weighted by molar-refractivity contribution is -0.142. The lowest BCUT2D eigenvalue weighted by Gasteiger charge is -2.35. The van der Waals surface area contributed by atoms with E-state index in [4.69, 9.17) is 0 Å². The smallest absolute Gasteiger partial charge is 0.227 e. The Morgan fingerprint density at radius 1 is 1.22 bits per heavy atom. The standard InChI is InChI=1S/C20H27N5O2/c1-13-21-17(24-23-13)15-6-5-7-16(12-15)22-18(26)14-8-10-25(11-9-14)19(27)20(2,3)4/h5-7,12,14H,8-11H2,1-4H3,(H,22,26)(H,21,23,24). The third-order valence-corrected chi connectivity index (χ3v) is 4.78. The van der Waals surface area contributed by atoms with Gasteiger partial charge in [-0.2, -0.15) is 5.10 Å². The number of rotatable bonds is 3. The summed E-state index contributed by atoms with van der Waals surface area (Å²) >= 11 is 0. The molecule has 1 aromatic heterocycles. The first-order chi connectivity index (χ1) is 12.7. The van der Waals surface area contributed by atoms with Crippen LogP contribution in [0.3, 0.4) is 0 Å². The number of benzene rings is 1. The van der Waals surface area contributed by atoms with Crippen molar-refractivity contribution in [3.8, 4) is 11.4 Å². The summed E-state index contributed by atoms with van der Waals surface area (Å²) in [6.07, 6.45) is 1.38. The second-order valence-electron chi connectivity index (χ2n) is 8.13. The Morgan fingerprint density at radius 3 is 2.52 bits per heavy atom. The number of piperidine rings is 1. The van der Waals surface area contributed by atoms with Crippen molar-refractivity contribution in [3.05, 3.63) is 30.1 Å². The Kier molecular flexibility index (Phi) is 5.30. The largest absolute Gasteiger partial charge is 0.342 e. The number of aromatic nitrogens is 3. The molecule has 0 atom stereocenters. The van der Waals surface area contributed by atoms with Crippen LogP contribution < -0.4 is 5.32 Å². The van der Waals surface area contributed by atoms with Gasteiger partial charge in [-0.25, -0.2) is 4.98 Å². The highest BCUT2D eigenvalue weighted by Crippen LogP contribution is 2.25. The molecule has 7 nitrogen and oxygen atoms in total. The first kappa shape index (κ1) is 19.1. The summed E-state index contributed by atoms with van der Waals surface area (Å²) in [5, 5.41) is 9.97. The Hall–Kier alpha value is -2.70. The summed E-state index contributed by atoms with van der Waals surface area (Å²) in [7, 11) is 0. The second-order valence-corrected chi connectivity index (χ2v) is 8.13. The molecule has 0 bridgehead atoms. The Balaban J connectivity index is 1.60. The van der Waals surface area contributed by atoms with Gasteiger partial charge in [0.1, 0.15) is 5.82 Å². The number of aryl methyl sites for hydroxylation is 1. The zero-order valence-electron chi connectivity index (χ0n) is 16.4. The highest BCUT2D eigenvalue weighted by Gasteiger charge is 2.32. The van der Waals surface area contributed by atoms with Crippen molar-refractivity contribution in [2.75, 3.05) is 18.4 Å². The van der Waals surface area contributed by atoms with Crippen molar-refractivity contribution in [3.63, 3.8) is 0 Å². The summed E-state index contributed by atoms with van der Waals surface area (Å²) in [5.74, 6) is 1.43. The van der Waals surface area contributed by atoms with Gasteiger partial charge in [0, 0.05) is 35.7 Å². The zero-order chi connectivity index (χ0) is 19.6. The molecule has 1 aliphatic heterocycles. The summed E-state index contributed by atoms with van der Waals surface area (Å²) < 4.78 is 0. The third-order valence-electron chi connectivity index (χ3n) is 4.78. The lowest BCUT2D eigenvalue weighted by atomic mass is 9.90. The Morgan fingerprint density at radius 2 is 1.93 bits per heavy atom. The number of aromatic amines is 1. The van der Waals surface area contributed by atoms with Crippen molar-refractivity contribution in [2.24, 2.45) is 11.3 Å². The summed E-state index contributed by atoms with van der Waals surface area (Å²) in [6.45, 7) is 8.89. The monoisotopic (exact) mass is 369 g/mol. The van der Waals surface area contributed by atoms with Crippen LogP contribution in [0.15, 0.2) is 24.3 Å². The summed E-state index contributed by atoms with van der Waals surface area (Å²) in [6, 6.07) is 7.52. The van der Waals surface area contributed by atoms with Gasteiger partial charge in [-0.1, -0.05) is 32.9 Å². The van der Waals surface area contributed by atoms with E-state index in [0.717, 1.165) is 17.1 Å². The highest BCUT2D eigenvalue weighted by atomic mass is 16.2. The number of carbonyl (C=O) groups excluding carboxylic acids is 2. The number of nitrogens with zero attached hydrogens (tertiary/aromatic N) is 3. The van der Waals surface area contributed by atoms with Crippen LogP contribution in [-0.2, 0) is 9.59 Å². The molecule has 1 fully saturated rings. The number of H-pyrrole nitrogens is 1. The minimum atomic E-state index is -0.381. The topological polar surface area (TPSA) is 91.0 Å². The fourth-order valence-corrected chi connectivity index (χ4v) is 3.27. The van der Waals surface area contributed by atoms with E-state index in [2.05, 4.69) is 20.5 Å². The maximum atomic E-state index is 12.6. The van der Waals surface area contributed by atoms with Crippen LogP contribution in [0.1, 0.15) is 39.4 Å². The minimum Gasteiger partial charge on any atom is -0.342 e. The van der Waals surface area contributed by atoms with Gasteiger partial charge < -0.3 is 10.2 Å². The molecule has 7 heteroatoms. The van der Waals surface area contributed by atoms with Crippen LogP contribution in [0.5, 0.6) is 0 Å². The van der Waals surface area contributed by atoms with E-state index >= 15 is 0 Å². The van der Waals surface area contributed by atoms with E-state index in [1.165, 1.54) is 0 Å². The number of likely N-dealkylation sites (tertiary alicyclic amines) is 1. The lowest BCUT2D eigenvalue weighted by Crippen LogP contribution is -2.45. The van der Waals surface area contributed by atoms with Crippen molar-refractivity contribution in [1.29, 1.82) is 0 Å². The maximum Gasteiger partial charge on any atom is 0.227 e. The first-order valence-electron chi connectivity index (χ1n) is 9.34. The molecule has 2 amide bonds. The van der Waals surface area contributed by atoms with Gasteiger partial charge in [0.25, 0.3) is 0 Å². The molecule has 1 saturated heterocycles. The normalized spacial score (nSPS) is 15.6. The Bertz CT molecular complexity index is 829. The molecule has 1 aromatic carbocycles. The Labute approximate surface area is 159 Å². The molecular weight excluding hydrogens is 342 g/mol. The summed E-state index contributed by atoms with van der Waals surface area (Å²) in [5.41, 5.74) is 1.20. The van der Waals surface area contributed by atoms with Crippen LogP contribution in [0.4, 0.5) is 5.69 Å². The van der Waals surface area contributed by atoms with Crippen LogP contribution in [0, 0.1) is 18.3 Å². The average Bonchev–Trinajstić information content (AvgIpc) is 3.07. The third kappa shape index (κ3) is 4.53. The van der Waals surface area contributed by atoms with Crippen molar-refractivity contribution >= 4 is 17.5 Å². The van der Waals surface area contributed by atoms with E-state index in [1.54, 1.807) is 0 Å². The van der Waals surface area contributed by atoms with E-state index in [1.807, 2.05) is 56.9 Å².